The highest BCUT2D eigenvalue weighted by Gasteiger charge is 2.48. The van der Waals surface area contributed by atoms with Crippen LogP contribution in [0.5, 0.6) is 17.2 Å². The Morgan fingerprint density at radius 2 is 1.80 bits per heavy atom. The summed E-state index contributed by atoms with van der Waals surface area (Å²) in [6.07, 6.45) is 1.95. The van der Waals surface area contributed by atoms with Gasteiger partial charge in [-0.15, -0.1) is 0 Å². The molecule has 4 rings (SSSR count). The number of carboxylic acid groups (broad SMARTS) is 1. The number of benzene rings is 2. The highest BCUT2D eigenvalue weighted by molar-refractivity contribution is 5.79. The lowest BCUT2D eigenvalue weighted by Crippen LogP contribution is -2.41. The van der Waals surface area contributed by atoms with E-state index in [1.54, 1.807) is 7.11 Å². The van der Waals surface area contributed by atoms with Crippen molar-refractivity contribution in [2.45, 2.75) is 38.6 Å². The van der Waals surface area contributed by atoms with Crippen LogP contribution in [0.2, 0.25) is 0 Å². The number of ether oxygens (including phenoxy) is 3. The average molecular weight is 483 g/mol. The number of carbonyl (C=O) groups excluding carboxylic acids is 1. The summed E-state index contributed by atoms with van der Waals surface area (Å²) in [5, 5.41) is 10.4. The Bertz CT molecular complexity index is 1040. The first-order valence-electron chi connectivity index (χ1n) is 12.2. The molecule has 0 radical (unpaired) electrons. The molecule has 2 aromatic carbocycles. The van der Waals surface area contributed by atoms with Crippen LogP contribution in [-0.2, 0) is 9.59 Å². The maximum absolute atomic E-state index is 13.3. The van der Waals surface area contributed by atoms with E-state index < -0.39 is 17.9 Å². The van der Waals surface area contributed by atoms with Crippen LogP contribution in [-0.4, -0.2) is 66.9 Å². The van der Waals surface area contributed by atoms with Crippen molar-refractivity contribution >= 4 is 11.9 Å². The Hall–Kier alpha value is -3.26. The van der Waals surface area contributed by atoms with Crippen LogP contribution in [0.1, 0.15) is 49.8 Å². The number of unbranched alkanes of at least 4 members (excludes halogenated alkanes) is 1. The van der Waals surface area contributed by atoms with E-state index >= 15 is 0 Å². The summed E-state index contributed by atoms with van der Waals surface area (Å²) in [7, 11) is 1.60. The lowest BCUT2D eigenvalue weighted by atomic mass is 9.82. The number of nitrogens with zero attached hydrogens (tertiary/aromatic N) is 2. The van der Waals surface area contributed by atoms with E-state index in [4.69, 9.17) is 14.2 Å². The molecule has 188 valence electrons. The van der Waals surface area contributed by atoms with Gasteiger partial charge in [-0.1, -0.05) is 31.5 Å². The Kier molecular flexibility index (Phi) is 7.80. The van der Waals surface area contributed by atoms with E-state index in [1.165, 1.54) is 0 Å². The van der Waals surface area contributed by atoms with E-state index in [2.05, 4.69) is 6.92 Å². The Morgan fingerprint density at radius 3 is 2.46 bits per heavy atom. The van der Waals surface area contributed by atoms with Crippen molar-refractivity contribution in [3.63, 3.8) is 0 Å². The Balaban J connectivity index is 1.68. The number of methoxy groups -OCH3 is 1. The second-order valence-electron chi connectivity index (χ2n) is 9.06. The highest BCUT2D eigenvalue weighted by Crippen LogP contribution is 2.47. The van der Waals surface area contributed by atoms with Gasteiger partial charge >= 0.3 is 5.97 Å². The fourth-order valence-corrected chi connectivity index (χ4v) is 5.15. The van der Waals surface area contributed by atoms with Crippen molar-refractivity contribution in [3.05, 3.63) is 53.6 Å². The van der Waals surface area contributed by atoms with Gasteiger partial charge in [0, 0.05) is 31.6 Å². The van der Waals surface area contributed by atoms with E-state index in [-0.39, 0.29) is 25.2 Å². The van der Waals surface area contributed by atoms with Gasteiger partial charge in [-0.25, -0.2) is 0 Å². The molecule has 2 aromatic rings. The SMILES string of the molecule is CCCCN(CC)C(=O)CN1CC(c2ccc3c(c2)OCO3)C(C(=O)O)C1c1ccc(OC)cc1. The number of aliphatic carboxylic acids is 1. The lowest BCUT2D eigenvalue weighted by Gasteiger charge is -2.29. The first-order chi connectivity index (χ1) is 17.0. The van der Waals surface area contributed by atoms with Gasteiger partial charge in [0.1, 0.15) is 5.75 Å². The maximum Gasteiger partial charge on any atom is 0.309 e. The molecule has 0 bridgehead atoms. The van der Waals surface area contributed by atoms with Gasteiger partial charge < -0.3 is 24.2 Å². The zero-order chi connectivity index (χ0) is 24.9. The predicted octanol–water partition coefficient (Wildman–Crippen LogP) is 3.91. The van der Waals surface area contributed by atoms with Crippen molar-refractivity contribution in [1.29, 1.82) is 0 Å². The van der Waals surface area contributed by atoms with Crippen molar-refractivity contribution < 1.29 is 28.9 Å². The number of fused-ring (bicyclic) bond motifs is 1. The largest absolute Gasteiger partial charge is 0.497 e. The molecule has 1 fully saturated rings. The fraction of sp³-hybridized carbons (Fsp3) is 0.481. The molecular weight excluding hydrogens is 448 g/mol. The minimum absolute atomic E-state index is 0.0231. The van der Waals surface area contributed by atoms with Crippen LogP contribution >= 0.6 is 0 Å². The van der Waals surface area contributed by atoms with Crippen LogP contribution in [0, 0.1) is 5.92 Å². The van der Waals surface area contributed by atoms with Gasteiger partial charge in [0.25, 0.3) is 0 Å². The van der Waals surface area contributed by atoms with Gasteiger partial charge in [0.2, 0.25) is 12.7 Å². The molecule has 3 atom stereocenters. The zero-order valence-electron chi connectivity index (χ0n) is 20.6. The molecule has 2 aliphatic rings. The normalized spacial score (nSPS) is 21.2. The quantitative estimate of drug-likeness (QED) is 0.549. The summed E-state index contributed by atoms with van der Waals surface area (Å²) in [5.41, 5.74) is 1.72. The topological polar surface area (TPSA) is 88.5 Å². The maximum atomic E-state index is 13.3. The lowest BCUT2D eigenvalue weighted by molar-refractivity contribution is -0.143. The minimum atomic E-state index is -0.887. The van der Waals surface area contributed by atoms with Crippen molar-refractivity contribution in [1.82, 2.24) is 9.80 Å². The molecule has 0 saturated carbocycles. The number of rotatable bonds is 10. The van der Waals surface area contributed by atoms with Gasteiger partial charge in [0.05, 0.1) is 19.6 Å². The molecule has 1 amide bonds. The van der Waals surface area contributed by atoms with Crippen molar-refractivity contribution in [2.24, 2.45) is 5.92 Å². The van der Waals surface area contributed by atoms with Gasteiger partial charge in [-0.05, 0) is 48.7 Å². The Labute approximate surface area is 206 Å². The van der Waals surface area contributed by atoms with Gasteiger partial charge in [-0.3, -0.25) is 14.5 Å². The molecule has 3 unspecified atom stereocenters. The first-order valence-corrected chi connectivity index (χ1v) is 12.2. The molecule has 1 N–H and O–H groups in total. The second-order valence-corrected chi connectivity index (χ2v) is 9.06. The van der Waals surface area contributed by atoms with Crippen LogP contribution in [0.3, 0.4) is 0 Å². The number of likely N-dealkylation sites (N-methyl/N-ethyl adjacent to an activating group) is 1. The number of hydrogen-bond donors (Lipinski definition) is 1. The summed E-state index contributed by atoms with van der Waals surface area (Å²) < 4.78 is 16.3. The second kappa shape index (κ2) is 11.0. The molecule has 0 aromatic heterocycles. The number of carboxylic acids is 1. The van der Waals surface area contributed by atoms with Crippen LogP contribution in [0.4, 0.5) is 0 Å². The summed E-state index contributed by atoms with van der Waals surface area (Å²) in [4.78, 5) is 29.8. The first kappa shape index (κ1) is 24.9. The Morgan fingerprint density at radius 1 is 1.09 bits per heavy atom. The summed E-state index contributed by atoms with van der Waals surface area (Å²) in [6.45, 7) is 6.20. The van der Waals surface area contributed by atoms with E-state index in [0.29, 0.717) is 36.9 Å². The van der Waals surface area contributed by atoms with Gasteiger partial charge in [0.15, 0.2) is 11.5 Å². The molecule has 8 nitrogen and oxygen atoms in total. The van der Waals surface area contributed by atoms with E-state index in [9.17, 15) is 14.7 Å². The standard InChI is InChI=1S/C27H34N2O6/c1-4-6-13-28(5-2)24(30)16-29-15-21(19-9-12-22-23(14-19)35-17-34-22)25(27(31)32)26(29)18-7-10-20(33-3)11-8-18/h7-12,14,21,25-26H,4-6,13,15-17H2,1-3H3,(H,31,32). The average Bonchev–Trinajstić information content (AvgIpc) is 3.49. The highest BCUT2D eigenvalue weighted by atomic mass is 16.7. The van der Waals surface area contributed by atoms with E-state index in [0.717, 1.165) is 24.0 Å². The number of carbonyl (C=O) groups is 2. The molecule has 8 heteroatoms. The monoisotopic (exact) mass is 482 g/mol. The minimum Gasteiger partial charge on any atom is -0.497 e. The predicted molar refractivity (Wildman–Crippen MR) is 131 cm³/mol. The van der Waals surface area contributed by atoms with Crippen molar-refractivity contribution in [3.8, 4) is 17.2 Å². The number of amides is 1. The molecule has 0 spiro atoms. The van der Waals surface area contributed by atoms with Crippen LogP contribution in [0.25, 0.3) is 0 Å². The third-order valence-corrected chi connectivity index (χ3v) is 7.02. The number of hydrogen-bond acceptors (Lipinski definition) is 6. The molecule has 2 aliphatic heterocycles. The summed E-state index contributed by atoms with van der Waals surface area (Å²) >= 11 is 0. The molecule has 35 heavy (non-hydrogen) atoms. The molecule has 2 heterocycles. The van der Waals surface area contributed by atoms with E-state index in [1.807, 2.05) is 59.2 Å². The number of likely N-dealkylation sites (tertiary alicyclic amines) is 1. The third-order valence-electron chi connectivity index (χ3n) is 7.02. The smallest absolute Gasteiger partial charge is 0.309 e. The molecule has 0 aliphatic carbocycles. The molecule has 1 saturated heterocycles. The van der Waals surface area contributed by atoms with Crippen molar-refractivity contribution in [2.75, 3.05) is 40.1 Å². The van der Waals surface area contributed by atoms with Crippen LogP contribution in [0.15, 0.2) is 42.5 Å². The summed E-state index contributed by atoms with van der Waals surface area (Å²) in [5.74, 6) is 0.0719. The zero-order valence-corrected chi connectivity index (χ0v) is 20.6. The molecular formula is C27H34N2O6. The third kappa shape index (κ3) is 5.22. The fourth-order valence-electron chi connectivity index (χ4n) is 5.15. The summed E-state index contributed by atoms with van der Waals surface area (Å²) in [6, 6.07) is 12.6. The van der Waals surface area contributed by atoms with Gasteiger partial charge in [-0.2, -0.15) is 0 Å². The van der Waals surface area contributed by atoms with Crippen LogP contribution < -0.4 is 14.2 Å².